The number of hydrogen-bond acceptors (Lipinski definition) is 7. The van der Waals surface area contributed by atoms with Crippen LogP contribution in [0.2, 0.25) is 5.02 Å². The maximum absolute atomic E-state index is 16.2. The highest BCUT2D eigenvalue weighted by Gasteiger charge is 2.47. The Morgan fingerprint density at radius 2 is 1.95 bits per heavy atom. The normalized spacial score (nSPS) is 24.6. The summed E-state index contributed by atoms with van der Waals surface area (Å²) in [5.74, 6) is -1.11. The van der Waals surface area contributed by atoms with E-state index in [2.05, 4.69) is 11.1 Å². The third-order valence-electron chi connectivity index (χ3n) is 7.76. The number of carbonyl (C=O) groups is 1. The maximum Gasteiger partial charge on any atom is 0.139 e. The molecule has 208 valence electrons. The third kappa shape index (κ3) is 5.53. The van der Waals surface area contributed by atoms with Crippen molar-refractivity contribution in [3.8, 4) is 6.07 Å². The van der Waals surface area contributed by atoms with Crippen molar-refractivity contribution < 1.29 is 23.8 Å². The van der Waals surface area contributed by atoms with Gasteiger partial charge in [-0.2, -0.15) is 5.26 Å². The Labute approximate surface area is 238 Å². The number of aromatic nitrogens is 1. The average Bonchev–Trinajstić information content (AvgIpc) is 2.91. The van der Waals surface area contributed by atoms with E-state index in [0.29, 0.717) is 45.8 Å². The van der Waals surface area contributed by atoms with Crippen LogP contribution in [-0.4, -0.2) is 40.7 Å². The maximum atomic E-state index is 16.2. The second kappa shape index (κ2) is 11.4. The van der Waals surface area contributed by atoms with Gasteiger partial charge in [-0.3, -0.25) is 4.98 Å². The zero-order valence-electron chi connectivity index (χ0n) is 22.6. The van der Waals surface area contributed by atoms with Crippen LogP contribution >= 0.6 is 11.6 Å². The van der Waals surface area contributed by atoms with Gasteiger partial charge < -0.3 is 19.4 Å². The molecule has 1 saturated carbocycles. The van der Waals surface area contributed by atoms with Crippen LogP contribution in [0.5, 0.6) is 0 Å². The molecule has 1 aliphatic heterocycles. The van der Waals surface area contributed by atoms with E-state index in [1.165, 1.54) is 12.3 Å². The lowest BCUT2D eigenvalue weighted by molar-refractivity contribution is -0.203. The molecule has 0 saturated heterocycles. The van der Waals surface area contributed by atoms with Crippen molar-refractivity contribution in [3.05, 3.63) is 99.1 Å². The van der Waals surface area contributed by atoms with E-state index in [0.717, 1.165) is 11.8 Å². The number of carbonyl (C=O) groups excluding carboxylic acids is 1. The molecule has 3 unspecified atom stereocenters. The van der Waals surface area contributed by atoms with Gasteiger partial charge >= 0.3 is 0 Å². The van der Waals surface area contributed by atoms with Gasteiger partial charge in [0.15, 0.2) is 0 Å². The molecule has 7 nitrogen and oxygen atoms in total. The molecular weight excluding hydrogens is 533 g/mol. The molecule has 5 rings (SSSR count). The highest BCUT2D eigenvalue weighted by molar-refractivity contribution is 6.30. The van der Waals surface area contributed by atoms with Crippen LogP contribution in [0.4, 0.5) is 4.39 Å². The Morgan fingerprint density at radius 1 is 1.23 bits per heavy atom. The van der Waals surface area contributed by atoms with Crippen LogP contribution in [0.3, 0.4) is 0 Å². The largest absolute Gasteiger partial charge is 0.386 e. The molecule has 1 aromatic heterocycles. The van der Waals surface area contributed by atoms with Crippen LogP contribution < -0.4 is 0 Å². The molecule has 2 heterocycles. The molecule has 1 fully saturated rings. The van der Waals surface area contributed by atoms with E-state index in [1.807, 2.05) is 17.0 Å². The number of fused-ring (bicyclic) bond motifs is 1. The SMILES string of the molecule is COC1c2cc(C(C)(C)O)cc(F)c2C(c2ccc(Cl)cc2)C(OC2CC(C=O)C2)N1Cc1ccc(C#N)cn1. The monoisotopic (exact) mass is 563 g/mol. The summed E-state index contributed by atoms with van der Waals surface area (Å²) >= 11 is 6.22. The van der Waals surface area contributed by atoms with Crippen molar-refractivity contribution in [3.63, 3.8) is 0 Å². The molecule has 0 bridgehead atoms. The van der Waals surface area contributed by atoms with Crippen molar-refractivity contribution in [1.29, 1.82) is 5.26 Å². The molecule has 3 atom stereocenters. The number of nitriles is 1. The van der Waals surface area contributed by atoms with Crippen molar-refractivity contribution in [1.82, 2.24) is 9.88 Å². The molecule has 1 aliphatic carbocycles. The number of rotatable bonds is 8. The lowest BCUT2D eigenvalue weighted by Crippen LogP contribution is -2.51. The first-order chi connectivity index (χ1) is 19.1. The molecule has 0 spiro atoms. The topological polar surface area (TPSA) is 95.7 Å². The summed E-state index contributed by atoms with van der Waals surface area (Å²) in [7, 11) is 1.55. The zero-order chi connectivity index (χ0) is 28.6. The van der Waals surface area contributed by atoms with Gasteiger partial charge in [0.25, 0.3) is 0 Å². The van der Waals surface area contributed by atoms with Crippen molar-refractivity contribution in [2.45, 2.75) is 63.3 Å². The molecule has 2 aliphatic rings. The van der Waals surface area contributed by atoms with E-state index in [9.17, 15) is 15.2 Å². The number of methoxy groups -OCH3 is 1. The number of aldehydes is 1. The van der Waals surface area contributed by atoms with Crippen LogP contribution in [0.25, 0.3) is 0 Å². The molecule has 0 radical (unpaired) electrons. The minimum atomic E-state index is -1.29. The van der Waals surface area contributed by atoms with Crippen LogP contribution in [0, 0.1) is 23.1 Å². The van der Waals surface area contributed by atoms with Gasteiger partial charge in [0.2, 0.25) is 0 Å². The Morgan fingerprint density at radius 3 is 2.52 bits per heavy atom. The number of hydrogen-bond donors (Lipinski definition) is 1. The molecular formula is C31H31ClFN3O4. The molecule has 3 aromatic rings. The second-order valence-electron chi connectivity index (χ2n) is 11.0. The van der Waals surface area contributed by atoms with Gasteiger partial charge in [-0.25, -0.2) is 9.29 Å². The first kappa shape index (κ1) is 28.3. The van der Waals surface area contributed by atoms with Crippen molar-refractivity contribution in [2.24, 2.45) is 5.92 Å². The fraction of sp³-hybridized carbons (Fsp3) is 0.387. The van der Waals surface area contributed by atoms with Gasteiger partial charge in [-0.15, -0.1) is 0 Å². The summed E-state index contributed by atoms with van der Waals surface area (Å²) in [4.78, 5) is 17.8. The number of ether oxygens (including phenoxy) is 2. The van der Waals surface area contributed by atoms with Gasteiger partial charge in [-0.1, -0.05) is 23.7 Å². The first-order valence-electron chi connectivity index (χ1n) is 13.2. The minimum absolute atomic E-state index is 0.0622. The van der Waals surface area contributed by atoms with Crippen molar-refractivity contribution >= 4 is 17.9 Å². The van der Waals surface area contributed by atoms with Gasteiger partial charge in [0.05, 0.1) is 28.9 Å². The van der Waals surface area contributed by atoms with E-state index in [-0.39, 0.29) is 18.6 Å². The van der Waals surface area contributed by atoms with Crippen molar-refractivity contribution in [2.75, 3.05) is 7.11 Å². The van der Waals surface area contributed by atoms with E-state index in [4.69, 9.17) is 21.1 Å². The number of aliphatic hydroxyl groups is 1. The predicted molar refractivity (Wildman–Crippen MR) is 147 cm³/mol. The Bertz CT molecular complexity index is 1410. The summed E-state index contributed by atoms with van der Waals surface area (Å²) in [5, 5.41) is 20.5. The van der Waals surface area contributed by atoms with E-state index >= 15 is 4.39 Å². The predicted octanol–water partition coefficient (Wildman–Crippen LogP) is 5.59. The van der Waals surface area contributed by atoms with Crippen LogP contribution in [0.1, 0.15) is 72.3 Å². The highest BCUT2D eigenvalue weighted by atomic mass is 35.5. The first-order valence-corrected chi connectivity index (χ1v) is 13.6. The quantitative estimate of drug-likeness (QED) is 0.357. The highest BCUT2D eigenvalue weighted by Crippen LogP contribution is 2.48. The fourth-order valence-corrected chi connectivity index (χ4v) is 5.69. The zero-order valence-corrected chi connectivity index (χ0v) is 23.3. The van der Waals surface area contributed by atoms with Crippen LogP contribution in [-0.2, 0) is 26.4 Å². The van der Waals surface area contributed by atoms with Crippen LogP contribution in [0.15, 0.2) is 54.7 Å². The summed E-state index contributed by atoms with van der Waals surface area (Å²) < 4.78 is 28.9. The number of benzene rings is 2. The Hall–Kier alpha value is -3.19. The van der Waals surface area contributed by atoms with Gasteiger partial charge in [0, 0.05) is 41.9 Å². The van der Waals surface area contributed by atoms with Gasteiger partial charge in [-0.05, 0) is 74.2 Å². The molecule has 1 N–H and O–H groups in total. The average molecular weight is 564 g/mol. The summed E-state index contributed by atoms with van der Waals surface area (Å²) in [5.41, 5.74) is 2.04. The lowest BCUT2D eigenvalue weighted by Gasteiger charge is -2.49. The standard InChI is InChI=1S/C31H31ClFN3O4/c1-31(2,38)21-12-25-28(26(33)13-21)27(20-5-7-22(32)8-6-20)30(40-24-10-19(11-24)17-37)36(29(25)39-3)16-23-9-4-18(14-34)15-35-23/h4-9,12-13,15,17,19,24,27,29-30,38H,10-11,16H2,1-3H3. The minimum Gasteiger partial charge on any atom is -0.386 e. The smallest absolute Gasteiger partial charge is 0.139 e. The van der Waals surface area contributed by atoms with Gasteiger partial charge in [0.1, 0.15) is 30.6 Å². The summed E-state index contributed by atoms with van der Waals surface area (Å²) in [6, 6.07) is 15.9. The molecule has 2 aromatic carbocycles. The molecule has 40 heavy (non-hydrogen) atoms. The Kier molecular flexibility index (Phi) is 8.05. The van der Waals surface area contributed by atoms with E-state index < -0.39 is 29.8 Å². The van der Waals surface area contributed by atoms with E-state index in [1.54, 1.807) is 51.3 Å². The Balaban J connectivity index is 1.69. The molecule has 9 heteroatoms. The summed E-state index contributed by atoms with van der Waals surface area (Å²) in [6.07, 6.45) is 2.01. The number of halogens is 2. The third-order valence-corrected chi connectivity index (χ3v) is 8.02. The number of nitrogens with zero attached hydrogens (tertiary/aromatic N) is 3. The fourth-order valence-electron chi connectivity index (χ4n) is 5.56. The second-order valence-corrected chi connectivity index (χ2v) is 11.4. The number of pyridine rings is 1. The summed E-state index contributed by atoms with van der Waals surface area (Å²) in [6.45, 7) is 3.50. The lowest BCUT2D eigenvalue weighted by atomic mass is 9.79. The molecule has 0 amide bonds.